The molecule has 0 heterocycles. The van der Waals surface area contributed by atoms with Gasteiger partial charge < -0.3 is 15.3 Å². The molecule has 10 atom stereocenters. The largest absolute Gasteiger partial charge is 0.393 e. The molecular weight excluding hydrogens is 384 g/mol. The van der Waals surface area contributed by atoms with Gasteiger partial charge in [0.1, 0.15) is 0 Å². The molecule has 0 aromatic rings. The van der Waals surface area contributed by atoms with Crippen LogP contribution >= 0.6 is 0 Å². The zero-order chi connectivity index (χ0) is 22.7. The average Bonchev–Trinajstić information content (AvgIpc) is 2.97. The van der Waals surface area contributed by atoms with Crippen molar-refractivity contribution in [1.82, 2.24) is 0 Å². The standard InChI is InChI=1S/C28H46O3/c1-16(2)17(3)7-8-18(4)26-24(31)15-22-25-21(10-12-28(22,26)6)27(5)11-9-20(29)13-19(27)14-23(25)30/h14,16,18,20-26,29-31H,3,7-13,15H2,1-2,4-6H3/t18?,20?,21-,22-,23?,24?,25-,26-,27+,28+/m1/s1. The number of aliphatic hydroxyl groups is 3. The van der Waals surface area contributed by atoms with Gasteiger partial charge in [0, 0.05) is 0 Å². The molecule has 3 nitrogen and oxygen atoms in total. The zero-order valence-corrected chi connectivity index (χ0v) is 20.5. The number of aliphatic hydroxyl groups excluding tert-OH is 3. The first-order valence-corrected chi connectivity index (χ1v) is 12.9. The predicted octanol–water partition coefficient (Wildman–Crippen LogP) is 5.50. The van der Waals surface area contributed by atoms with Crippen LogP contribution in [0.3, 0.4) is 0 Å². The molecular formula is C28H46O3. The summed E-state index contributed by atoms with van der Waals surface area (Å²) in [6.45, 7) is 15.8. The zero-order valence-electron chi connectivity index (χ0n) is 20.5. The second kappa shape index (κ2) is 8.29. The second-order valence-electron chi connectivity index (χ2n) is 12.5. The summed E-state index contributed by atoms with van der Waals surface area (Å²) in [6.07, 6.45) is 9.01. The van der Waals surface area contributed by atoms with Crippen molar-refractivity contribution in [3.63, 3.8) is 0 Å². The van der Waals surface area contributed by atoms with E-state index in [0.717, 1.165) is 51.4 Å². The van der Waals surface area contributed by atoms with Gasteiger partial charge in [0.15, 0.2) is 0 Å². The first-order valence-electron chi connectivity index (χ1n) is 12.9. The van der Waals surface area contributed by atoms with Crippen molar-refractivity contribution >= 4 is 0 Å². The lowest BCUT2D eigenvalue weighted by molar-refractivity contribution is -0.0987. The van der Waals surface area contributed by atoms with E-state index in [1.807, 2.05) is 0 Å². The van der Waals surface area contributed by atoms with Crippen molar-refractivity contribution in [1.29, 1.82) is 0 Å². The molecule has 4 rings (SSSR count). The van der Waals surface area contributed by atoms with Gasteiger partial charge >= 0.3 is 0 Å². The normalized spacial score (nSPS) is 47.9. The van der Waals surface area contributed by atoms with Crippen LogP contribution in [0.4, 0.5) is 0 Å². The summed E-state index contributed by atoms with van der Waals surface area (Å²) in [7, 11) is 0. The Morgan fingerprint density at radius 1 is 1.10 bits per heavy atom. The minimum atomic E-state index is -0.440. The van der Waals surface area contributed by atoms with Gasteiger partial charge in [0.05, 0.1) is 18.3 Å². The number of allylic oxidation sites excluding steroid dienone is 1. The van der Waals surface area contributed by atoms with Crippen molar-refractivity contribution in [3.05, 3.63) is 23.8 Å². The van der Waals surface area contributed by atoms with Crippen molar-refractivity contribution in [3.8, 4) is 0 Å². The third-order valence-corrected chi connectivity index (χ3v) is 10.6. The van der Waals surface area contributed by atoms with Crippen LogP contribution in [0.25, 0.3) is 0 Å². The maximum absolute atomic E-state index is 11.3. The molecule has 4 unspecified atom stereocenters. The molecule has 31 heavy (non-hydrogen) atoms. The Bertz CT molecular complexity index is 726. The second-order valence-corrected chi connectivity index (χ2v) is 12.5. The van der Waals surface area contributed by atoms with Gasteiger partial charge in [-0.1, -0.05) is 58.4 Å². The highest BCUT2D eigenvalue weighted by Gasteiger charge is 2.63. The van der Waals surface area contributed by atoms with Crippen molar-refractivity contribution in [2.75, 3.05) is 0 Å². The van der Waals surface area contributed by atoms with E-state index >= 15 is 0 Å². The Morgan fingerprint density at radius 3 is 2.48 bits per heavy atom. The molecule has 0 aliphatic heterocycles. The predicted molar refractivity (Wildman–Crippen MR) is 126 cm³/mol. The highest BCUT2D eigenvalue weighted by atomic mass is 16.3. The van der Waals surface area contributed by atoms with Crippen LogP contribution < -0.4 is 0 Å². The van der Waals surface area contributed by atoms with Gasteiger partial charge in [-0.3, -0.25) is 0 Å². The van der Waals surface area contributed by atoms with Gasteiger partial charge in [-0.15, -0.1) is 0 Å². The van der Waals surface area contributed by atoms with Crippen molar-refractivity contribution < 1.29 is 15.3 Å². The molecule has 0 bridgehead atoms. The SMILES string of the molecule is C=C(CCC(C)[C@@H]1C(O)C[C@@H]2[C@@H]3C(O)C=C4CC(O)CC[C@]4(C)[C@@H]3CC[C@]12C)C(C)C. The Kier molecular flexibility index (Phi) is 6.29. The highest BCUT2D eigenvalue weighted by Crippen LogP contribution is 2.67. The van der Waals surface area contributed by atoms with Crippen LogP contribution in [0.2, 0.25) is 0 Å². The maximum Gasteiger partial charge on any atom is 0.0757 e. The van der Waals surface area contributed by atoms with Crippen LogP contribution in [0, 0.1) is 46.3 Å². The van der Waals surface area contributed by atoms with E-state index in [1.54, 1.807) is 0 Å². The molecule has 3 fully saturated rings. The van der Waals surface area contributed by atoms with Crippen LogP contribution in [-0.2, 0) is 0 Å². The molecule has 0 aromatic carbocycles. The van der Waals surface area contributed by atoms with E-state index in [2.05, 4.69) is 47.3 Å². The van der Waals surface area contributed by atoms with Crippen LogP contribution in [-0.4, -0.2) is 33.6 Å². The fraction of sp³-hybridized carbons (Fsp3) is 0.857. The number of fused-ring (bicyclic) bond motifs is 5. The van der Waals surface area contributed by atoms with Gasteiger partial charge in [-0.05, 0) is 97.7 Å². The van der Waals surface area contributed by atoms with Gasteiger partial charge in [-0.2, -0.15) is 0 Å². The number of hydrogen-bond acceptors (Lipinski definition) is 3. The lowest BCUT2D eigenvalue weighted by atomic mass is 9.46. The smallest absolute Gasteiger partial charge is 0.0757 e. The Morgan fingerprint density at radius 2 is 1.81 bits per heavy atom. The van der Waals surface area contributed by atoms with E-state index in [9.17, 15) is 15.3 Å². The van der Waals surface area contributed by atoms with Gasteiger partial charge in [0.25, 0.3) is 0 Å². The monoisotopic (exact) mass is 430 g/mol. The molecule has 0 amide bonds. The molecule has 0 spiro atoms. The molecule has 3 heteroatoms. The first-order chi connectivity index (χ1) is 14.5. The fourth-order valence-electron chi connectivity index (χ4n) is 8.60. The lowest BCUT2D eigenvalue weighted by Crippen LogP contribution is -2.55. The summed E-state index contributed by atoms with van der Waals surface area (Å²) in [5, 5.41) is 32.8. The molecule has 0 aromatic heterocycles. The summed E-state index contributed by atoms with van der Waals surface area (Å²) in [5.41, 5.74) is 2.81. The number of hydrogen-bond donors (Lipinski definition) is 3. The molecule has 4 aliphatic rings. The minimum Gasteiger partial charge on any atom is -0.393 e. The molecule has 0 saturated heterocycles. The third-order valence-electron chi connectivity index (χ3n) is 10.6. The van der Waals surface area contributed by atoms with Crippen molar-refractivity contribution in [2.45, 2.75) is 104 Å². The summed E-state index contributed by atoms with van der Waals surface area (Å²) in [5.74, 6) is 2.36. The summed E-state index contributed by atoms with van der Waals surface area (Å²) in [6, 6.07) is 0. The third kappa shape index (κ3) is 3.77. The topological polar surface area (TPSA) is 60.7 Å². The quantitative estimate of drug-likeness (QED) is 0.505. The summed E-state index contributed by atoms with van der Waals surface area (Å²) in [4.78, 5) is 0. The van der Waals surface area contributed by atoms with E-state index in [-0.39, 0.29) is 29.0 Å². The summed E-state index contributed by atoms with van der Waals surface area (Å²) < 4.78 is 0. The van der Waals surface area contributed by atoms with Gasteiger partial charge in [-0.25, -0.2) is 0 Å². The Balaban J connectivity index is 1.58. The van der Waals surface area contributed by atoms with Crippen LogP contribution in [0.15, 0.2) is 23.8 Å². The van der Waals surface area contributed by atoms with Crippen LogP contribution in [0.5, 0.6) is 0 Å². The minimum absolute atomic E-state index is 0.0933. The van der Waals surface area contributed by atoms with E-state index in [0.29, 0.717) is 29.6 Å². The van der Waals surface area contributed by atoms with E-state index < -0.39 is 6.10 Å². The van der Waals surface area contributed by atoms with Gasteiger partial charge in [0.2, 0.25) is 0 Å². The molecule has 176 valence electrons. The molecule has 4 aliphatic carbocycles. The number of rotatable bonds is 5. The molecule has 3 saturated carbocycles. The summed E-state index contributed by atoms with van der Waals surface area (Å²) >= 11 is 0. The van der Waals surface area contributed by atoms with Crippen LogP contribution in [0.1, 0.15) is 86.0 Å². The maximum atomic E-state index is 11.3. The highest BCUT2D eigenvalue weighted by molar-refractivity contribution is 5.28. The lowest BCUT2D eigenvalue weighted by Gasteiger charge is -2.59. The first kappa shape index (κ1) is 23.5. The fourth-order valence-corrected chi connectivity index (χ4v) is 8.60. The van der Waals surface area contributed by atoms with E-state index in [4.69, 9.17) is 0 Å². The molecule has 0 radical (unpaired) electrons. The Hall–Kier alpha value is -0.640. The van der Waals surface area contributed by atoms with E-state index in [1.165, 1.54) is 11.1 Å². The average molecular weight is 431 g/mol. The molecule has 3 N–H and O–H groups in total. The Labute approximate surface area is 190 Å². The van der Waals surface area contributed by atoms with Crippen molar-refractivity contribution in [2.24, 2.45) is 46.3 Å².